The van der Waals surface area contributed by atoms with E-state index in [-0.39, 0.29) is 13.0 Å². The van der Waals surface area contributed by atoms with Crippen molar-refractivity contribution < 1.29 is 18.3 Å². The van der Waals surface area contributed by atoms with Crippen LogP contribution in [0.25, 0.3) is 0 Å². The van der Waals surface area contributed by atoms with E-state index in [1.165, 1.54) is 0 Å². The van der Waals surface area contributed by atoms with Gasteiger partial charge in [-0.05, 0) is 12.8 Å². The number of alkyl halides is 3. The minimum atomic E-state index is -2.73. The van der Waals surface area contributed by atoms with Gasteiger partial charge in [-0.1, -0.05) is 13.8 Å². The van der Waals surface area contributed by atoms with Crippen LogP contribution >= 0.6 is 0 Å². The number of halogens is 3. The van der Waals surface area contributed by atoms with Gasteiger partial charge >= 0.3 is 0 Å². The summed E-state index contributed by atoms with van der Waals surface area (Å²) < 4.78 is 38.9. The van der Waals surface area contributed by atoms with Crippen molar-refractivity contribution in [1.29, 1.82) is 0 Å². The number of nitrogens with zero attached hydrogens (tertiary/aromatic N) is 1. The molecule has 2 fully saturated rings. The average molecular weight is 253 g/mol. The summed E-state index contributed by atoms with van der Waals surface area (Å²) in [6.07, 6.45) is -0.169. The van der Waals surface area contributed by atoms with Crippen molar-refractivity contribution >= 4 is 0 Å². The summed E-state index contributed by atoms with van der Waals surface area (Å²) in [6, 6.07) is 0. The van der Waals surface area contributed by atoms with Crippen LogP contribution in [-0.4, -0.2) is 48.3 Å². The zero-order chi connectivity index (χ0) is 13.1. The monoisotopic (exact) mass is 253 g/mol. The van der Waals surface area contributed by atoms with Crippen molar-refractivity contribution in [2.45, 2.75) is 45.2 Å². The molecule has 0 aromatic rings. The molecule has 1 aliphatic carbocycles. The summed E-state index contributed by atoms with van der Waals surface area (Å²) in [5.41, 5.74) is -1.24. The van der Waals surface area contributed by atoms with E-state index < -0.39 is 24.1 Å². The van der Waals surface area contributed by atoms with E-state index in [9.17, 15) is 13.2 Å². The molecule has 102 valence electrons. The summed E-state index contributed by atoms with van der Waals surface area (Å²) in [6.45, 7) is 4.77. The van der Waals surface area contributed by atoms with Crippen molar-refractivity contribution in [2.24, 2.45) is 5.41 Å². The summed E-state index contributed by atoms with van der Waals surface area (Å²) in [5, 5.41) is 8.99. The molecule has 0 bridgehead atoms. The third-order valence-corrected chi connectivity index (χ3v) is 3.56. The second-order valence-corrected chi connectivity index (χ2v) is 4.77. The maximum Gasteiger partial charge on any atom is 0.258 e. The number of hydrogen-bond acceptors (Lipinski definition) is 2. The Bertz CT molecular complexity index is 242. The summed E-state index contributed by atoms with van der Waals surface area (Å²) >= 11 is 0. The normalized spacial score (nSPS) is 32.8. The molecule has 0 aromatic heterocycles. The molecule has 17 heavy (non-hydrogen) atoms. The minimum Gasteiger partial charge on any atom is -0.396 e. The zero-order valence-electron chi connectivity index (χ0n) is 10.6. The number of piperidine rings is 1. The molecule has 1 unspecified atom stereocenters. The molecule has 0 spiro atoms. The molecular formula is C12H22F3NO. The van der Waals surface area contributed by atoms with Gasteiger partial charge in [0.05, 0.1) is 12.0 Å². The quantitative estimate of drug-likeness (QED) is 0.835. The largest absolute Gasteiger partial charge is 0.396 e. The Labute approximate surface area is 101 Å². The minimum absolute atomic E-state index is 0.198. The highest BCUT2D eigenvalue weighted by atomic mass is 19.3. The van der Waals surface area contributed by atoms with Crippen LogP contribution in [0.15, 0.2) is 0 Å². The Morgan fingerprint density at radius 2 is 1.71 bits per heavy atom. The summed E-state index contributed by atoms with van der Waals surface area (Å²) in [4.78, 5) is 1.84. The van der Waals surface area contributed by atoms with Gasteiger partial charge in [-0.15, -0.1) is 0 Å². The number of likely N-dealkylation sites (tertiary alicyclic amines) is 1. The fourth-order valence-electron chi connectivity index (χ4n) is 2.26. The molecular weight excluding hydrogens is 231 g/mol. The molecule has 2 nitrogen and oxygen atoms in total. The predicted molar refractivity (Wildman–Crippen MR) is 61.0 cm³/mol. The molecule has 0 amide bonds. The molecule has 0 radical (unpaired) electrons. The van der Waals surface area contributed by atoms with Gasteiger partial charge in [-0.25, -0.2) is 13.2 Å². The van der Waals surface area contributed by atoms with E-state index in [0.717, 1.165) is 0 Å². The van der Waals surface area contributed by atoms with Crippen LogP contribution in [0.2, 0.25) is 0 Å². The van der Waals surface area contributed by atoms with Crippen LogP contribution in [0.4, 0.5) is 13.2 Å². The molecule has 5 heteroatoms. The number of rotatable bonds is 3. The highest BCUT2D eigenvalue weighted by Gasteiger charge is 2.70. The highest BCUT2D eigenvalue weighted by molar-refractivity contribution is 5.11. The Balaban J connectivity index is 0.000000686. The average Bonchev–Trinajstić information content (AvgIpc) is 2.87. The van der Waals surface area contributed by atoms with Gasteiger partial charge in [0, 0.05) is 26.1 Å². The second-order valence-electron chi connectivity index (χ2n) is 4.77. The lowest BCUT2D eigenvalue weighted by molar-refractivity contribution is 0.0112. The smallest absolute Gasteiger partial charge is 0.258 e. The number of aliphatic hydroxyl groups is 1. The lowest BCUT2D eigenvalue weighted by Gasteiger charge is -2.31. The molecule has 1 heterocycles. The molecule has 2 aliphatic rings. The second kappa shape index (κ2) is 5.57. The van der Waals surface area contributed by atoms with E-state index >= 15 is 0 Å². The Morgan fingerprint density at radius 1 is 1.24 bits per heavy atom. The van der Waals surface area contributed by atoms with Crippen LogP contribution < -0.4 is 0 Å². The maximum absolute atomic E-state index is 13.0. The van der Waals surface area contributed by atoms with Crippen molar-refractivity contribution in [1.82, 2.24) is 4.90 Å². The van der Waals surface area contributed by atoms with Gasteiger partial charge in [0.2, 0.25) is 0 Å². The van der Waals surface area contributed by atoms with Crippen LogP contribution in [-0.2, 0) is 0 Å². The van der Waals surface area contributed by atoms with Gasteiger partial charge in [-0.3, -0.25) is 0 Å². The first kappa shape index (κ1) is 14.8. The lowest BCUT2D eigenvalue weighted by atomic mass is 10.0. The Hall–Kier alpha value is -0.290. The van der Waals surface area contributed by atoms with Crippen LogP contribution in [0.1, 0.15) is 33.1 Å². The van der Waals surface area contributed by atoms with E-state index in [4.69, 9.17) is 5.11 Å². The zero-order valence-corrected chi connectivity index (χ0v) is 10.6. The van der Waals surface area contributed by atoms with Crippen LogP contribution in [0.3, 0.4) is 0 Å². The van der Waals surface area contributed by atoms with Crippen molar-refractivity contribution in [3.05, 3.63) is 0 Å². The van der Waals surface area contributed by atoms with E-state index in [1.807, 2.05) is 18.7 Å². The summed E-state index contributed by atoms with van der Waals surface area (Å²) in [7, 11) is 0. The SMILES string of the molecule is CC.OCC1(CN2CCC(F)CC2)CC1(F)F. The van der Waals surface area contributed by atoms with Gasteiger partial charge in [-0.2, -0.15) is 0 Å². The fourth-order valence-corrected chi connectivity index (χ4v) is 2.26. The summed E-state index contributed by atoms with van der Waals surface area (Å²) in [5.74, 6) is -2.73. The number of hydrogen-bond donors (Lipinski definition) is 1. The molecule has 1 atom stereocenters. The van der Waals surface area contributed by atoms with E-state index in [1.54, 1.807) is 0 Å². The fraction of sp³-hybridized carbons (Fsp3) is 1.00. The van der Waals surface area contributed by atoms with E-state index in [0.29, 0.717) is 25.9 Å². The van der Waals surface area contributed by atoms with Gasteiger partial charge < -0.3 is 10.0 Å². The standard InChI is InChI=1S/C10H16F3NO.C2H6/c11-8-1-3-14(4-2-8)6-9(7-15)5-10(9,12)13;1-2/h8,15H,1-7H2;1-2H3. The Morgan fingerprint density at radius 3 is 2.06 bits per heavy atom. The van der Waals surface area contributed by atoms with Crippen molar-refractivity contribution in [3.63, 3.8) is 0 Å². The molecule has 1 N–H and O–H groups in total. The van der Waals surface area contributed by atoms with Crippen LogP contribution in [0, 0.1) is 5.41 Å². The highest BCUT2D eigenvalue weighted by Crippen LogP contribution is 2.60. The first-order valence-electron chi connectivity index (χ1n) is 6.34. The first-order valence-corrected chi connectivity index (χ1v) is 6.34. The number of aliphatic hydroxyl groups excluding tert-OH is 1. The third-order valence-electron chi connectivity index (χ3n) is 3.56. The van der Waals surface area contributed by atoms with E-state index in [2.05, 4.69) is 0 Å². The Kier molecular flexibility index (Phi) is 4.84. The van der Waals surface area contributed by atoms with Crippen molar-refractivity contribution in [3.8, 4) is 0 Å². The maximum atomic E-state index is 13.0. The molecule has 1 saturated heterocycles. The molecule has 0 aromatic carbocycles. The predicted octanol–water partition coefficient (Wildman–Crippen LogP) is 2.46. The van der Waals surface area contributed by atoms with Gasteiger partial charge in [0.1, 0.15) is 6.17 Å². The van der Waals surface area contributed by atoms with Gasteiger partial charge in [0.25, 0.3) is 5.92 Å². The lowest BCUT2D eigenvalue weighted by Crippen LogP contribution is -2.40. The third kappa shape index (κ3) is 3.13. The van der Waals surface area contributed by atoms with Gasteiger partial charge in [0.15, 0.2) is 0 Å². The van der Waals surface area contributed by atoms with Crippen molar-refractivity contribution in [2.75, 3.05) is 26.2 Å². The molecule has 1 aliphatic heterocycles. The topological polar surface area (TPSA) is 23.5 Å². The molecule has 1 saturated carbocycles. The first-order chi connectivity index (χ1) is 7.99. The van der Waals surface area contributed by atoms with Crippen LogP contribution in [0.5, 0.6) is 0 Å². The molecule has 2 rings (SSSR count).